The summed E-state index contributed by atoms with van der Waals surface area (Å²) in [6, 6.07) is 6.89. The van der Waals surface area contributed by atoms with Crippen molar-refractivity contribution in [3.8, 4) is 0 Å². The summed E-state index contributed by atoms with van der Waals surface area (Å²) in [6.07, 6.45) is 7.22. The number of hydrogen-bond acceptors (Lipinski definition) is 1. The predicted octanol–water partition coefficient (Wildman–Crippen LogP) is 4.20. The Labute approximate surface area is 103 Å². The molecular weight excluding hydrogens is 212 g/mol. The first kappa shape index (κ1) is 10.5. The number of allylic oxidation sites excluding steroid dienone is 2. The number of thiol groups is 1. The van der Waals surface area contributed by atoms with Gasteiger partial charge in [-0.2, -0.15) is 12.6 Å². The molecule has 2 aliphatic rings. The minimum absolute atomic E-state index is 0.0168. The van der Waals surface area contributed by atoms with Gasteiger partial charge in [0.25, 0.3) is 0 Å². The molecule has 0 nitrogen and oxygen atoms in total. The van der Waals surface area contributed by atoms with Crippen LogP contribution in [0.2, 0.25) is 0 Å². The van der Waals surface area contributed by atoms with Crippen LogP contribution in [0.1, 0.15) is 42.4 Å². The first-order valence-electron chi connectivity index (χ1n) is 6.11. The van der Waals surface area contributed by atoms with Gasteiger partial charge in [-0.3, -0.25) is 0 Å². The second kappa shape index (κ2) is 3.40. The molecule has 0 aliphatic heterocycles. The molecule has 1 aromatic rings. The van der Waals surface area contributed by atoms with Crippen molar-refractivity contribution in [1.29, 1.82) is 0 Å². The monoisotopic (exact) mass is 230 g/mol. The lowest BCUT2D eigenvalue weighted by molar-refractivity contribution is 0.424. The van der Waals surface area contributed by atoms with Crippen LogP contribution in [0.3, 0.4) is 0 Å². The SMILES string of the molecule is Cc1ccc2c(c1)C(C)(S)C1C=CCCC21. The second-order valence-electron chi connectivity index (χ2n) is 5.38. The van der Waals surface area contributed by atoms with Gasteiger partial charge in [-0.15, -0.1) is 0 Å². The van der Waals surface area contributed by atoms with Crippen molar-refractivity contribution in [3.05, 3.63) is 47.0 Å². The number of hydrogen-bond donors (Lipinski definition) is 1. The van der Waals surface area contributed by atoms with Gasteiger partial charge >= 0.3 is 0 Å². The van der Waals surface area contributed by atoms with Crippen molar-refractivity contribution in [2.24, 2.45) is 5.92 Å². The summed E-state index contributed by atoms with van der Waals surface area (Å²) in [4.78, 5) is 0. The highest BCUT2D eigenvalue weighted by molar-refractivity contribution is 7.81. The minimum atomic E-state index is 0.0168. The third-order valence-electron chi connectivity index (χ3n) is 4.22. The van der Waals surface area contributed by atoms with Gasteiger partial charge in [-0.05, 0) is 43.7 Å². The lowest BCUT2D eigenvalue weighted by Gasteiger charge is -2.30. The molecule has 0 spiro atoms. The van der Waals surface area contributed by atoms with E-state index in [1.165, 1.54) is 29.5 Å². The Morgan fingerprint density at radius 3 is 3.00 bits per heavy atom. The highest BCUT2D eigenvalue weighted by Crippen LogP contribution is 2.56. The fourth-order valence-corrected chi connectivity index (χ4v) is 3.83. The summed E-state index contributed by atoms with van der Waals surface area (Å²) in [6.45, 7) is 4.44. The molecule has 3 atom stereocenters. The highest BCUT2D eigenvalue weighted by Gasteiger charge is 2.46. The summed E-state index contributed by atoms with van der Waals surface area (Å²) in [5.74, 6) is 1.28. The molecule has 0 N–H and O–H groups in total. The summed E-state index contributed by atoms with van der Waals surface area (Å²) in [5, 5.41) is 0. The predicted molar refractivity (Wildman–Crippen MR) is 72.1 cm³/mol. The fourth-order valence-electron chi connectivity index (χ4n) is 3.37. The van der Waals surface area contributed by atoms with Crippen LogP contribution in [-0.2, 0) is 4.75 Å². The third kappa shape index (κ3) is 1.31. The highest BCUT2D eigenvalue weighted by atomic mass is 32.1. The third-order valence-corrected chi connectivity index (χ3v) is 4.76. The first-order valence-corrected chi connectivity index (χ1v) is 6.55. The van der Waals surface area contributed by atoms with Gasteiger partial charge in [0.2, 0.25) is 0 Å². The summed E-state index contributed by atoms with van der Waals surface area (Å²) in [5.41, 5.74) is 4.34. The number of benzene rings is 1. The Hall–Kier alpha value is -0.690. The minimum Gasteiger partial charge on any atom is -0.167 e. The maximum absolute atomic E-state index is 4.95. The van der Waals surface area contributed by atoms with E-state index in [-0.39, 0.29) is 4.75 Å². The van der Waals surface area contributed by atoms with Crippen molar-refractivity contribution in [3.63, 3.8) is 0 Å². The zero-order valence-electron chi connectivity index (χ0n) is 9.90. The van der Waals surface area contributed by atoms with E-state index in [4.69, 9.17) is 12.6 Å². The number of fused-ring (bicyclic) bond motifs is 3. The molecule has 0 fully saturated rings. The molecule has 1 heteroatoms. The van der Waals surface area contributed by atoms with Crippen LogP contribution in [0.5, 0.6) is 0 Å². The molecule has 0 amide bonds. The van der Waals surface area contributed by atoms with Crippen molar-refractivity contribution in [2.75, 3.05) is 0 Å². The molecule has 84 valence electrons. The molecule has 3 unspecified atom stereocenters. The van der Waals surface area contributed by atoms with Crippen LogP contribution in [0.25, 0.3) is 0 Å². The van der Waals surface area contributed by atoms with Gasteiger partial charge < -0.3 is 0 Å². The summed E-state index contributed by atoms with van der Waals surface area (Å²) in [7, 11) is 0. The molecule has 3 rings (SSSR count). The van der Waals surface area contributed by atoms with E-state index < -0.39 is 0 Å². The van der Waals surface area contributed by atoms with Crippen molar-refractivity contribution in [1.82, 2.24) is 0 Å². The molecule has 0 aromatic heterocycles. The van der Waals surface area contributed by atoms with E-state index in [0.717, 1.165) is 0 Å². The number of aryl methyl sites for hydroxylation is 1. The average Bonchev–Trinajstić information content (AvgIpc) is 2.49. The normalized spacial score (nSPS) is 35.9. The zero-order valence-corrected chi connectivity index (χ0v) is 10.8. The topological polar surface area (TPSA) is 0 Å². The van der Waals surface area contributed by atoms with E-state index in [0.29, 0.717) is 11.8 Å². The van der Waals surface area contributed by atoms with Crippen molar-refractivity contribution >= 4 is 12.6 Å². The molecule has 2 aliphatic carbocycles. The van der Waals surface area contributed by atoms with E-state index >= 15 is 0 Å². The van der Waals surface area contributed by atoms with E-state index in [2.05, 4.69) is 44.2 Å². The van der Waals surface area contributed by atoms with Gasteiger partial charge in [0.15, 0.2) is 0 Å². The van der Waals surface area contributed by atoms with Crippen molar-refractivity contribution in [2.45, 2.75) is 37.4 Å². The smallest absolute Gasteiger partial charge is 0.0421 e. The van der Waals surface area contributed by atoms with Crippen LogP contribution in [0.15, 0.2) is 30.4 Å². The molecule has 0 saturated carbocycles. The maximum Gasteiger partial charge on any atom is 0.0421 e. The van der Waals surface area contributed by atoms with E-state index in [9.17, 15) is 0 Å². The van der Waals surface area contributed by atoms with Gasteiger partial charge in [-0.1, -0.05) is 35.9 Å². The summed E-state index contributed by atoms with van der Waals surface area (Å²) < 4.78 is 0.0168. The van der Waals surface area contributed by atoms with Crippen LogP contribution in [0.4, 0.5) is 0 Å². The standard InChI is InChI=1S/C15H18S/c1-10-7-8-12-11-5-3-4-6-13(11)15(2,16)14(12)9-10/h4,6-9,11,13,16H,3,5H2,1-2H3. The van der Waals surface area contributed by atoms with Crippen LogP contribution >= 0.6 is 12.6 Å². The average molecular weight is 230 g/mol. The van der Waals surface area contributed by atoms with Gasteiger partial charge in [-0.25, -0.2) is 0 Å². The Morgan fingerprint density at radius 1 is 1.38 bits per heavy atom. The molecule has 0 bridgehead atoms. The molecule has 0 radical (unpaired) electrons. The molecule has 0 saturated heterocycles. The lowest BCUT2D eigenvalue weighted by atomic mass is 9.81. The maximum atomic E-state index is 4.95. The lowest BCUT2D eigenvalue weighted by Crippen LogP contribution is -2.23. The van der Waals surface area contributed by atoms with Crippen LogP contribution in [0, 0.1) is 12.8 Å². The fraction of sp³-hybridized carbons (Fsp3) is 0.467. The van der Waals surface area contributed by atoms with Crippen molar-refractivity contribution < 1.29 is 0 Å². The van der Waals surface area contributed by atoms with Crippen LogP contribution < -0.4 is 0 Å². The summed E-state index contributed by atoms with van der Waals surface area (Å²) >= 11 is 4.95. The first-order chi connectivity index (χ1) is 7.60. The Balaban J connectivity index is 2.20. The Kier molecular flexibility index (Phi) is 2.22. The van der Waals surface area contributed by atoms with Gasteiger partial charge in [0, 0.05) is 10.7 Å². The largest absolute Gasteiger partial charge is 0.167 e. The van der Waals surface area contributed by atoms with Gasteiger partial charge in [0.05, 0.1) is 0 Å². The van der Waals surface area contributed by atoms with Gasteiger partial charge in [0.1, 0.15) is 0 Å². The van der Waals surface area contributed by atoms with E-state index in [1.807, 2.05) is 0 Å². The Bertz CT molecular complexity index is 457. The second-order valence-corrected chi connectivity index (χ2v) is 6.31. The quantitative estimate of drug-likeness (QED) is 0.501. The number of rotatable bonds is 0. The zero-order chi connectivity index (χ0) is 11.3. The molecular formula is C15H18S. The van der Waals surface area contributed by atoms with E-state index in [1.54, 1.807) is 0 Å². The van der Waals surface area contributed by atoms with Crippen LogP contribution in [-0.4, -0.2) is 0 Å². The molecule has 1 aromatic carbocycles. The molecule has 0 heterocycles. The Morgan fingerprint density at radius 2 is 2.19 bits per heavy atom. The molecule has 16 heavy (non-hydrogen) atoms.